The predicted molar refractivity (Wildman–Crippen MR) is 350 cm³/mol. The van der Waals surface area contributed by atoms with Crippen molar-refractivity contribution in [1.29, 1.82) is 0 Å². The molecule has 4 nitrogen and oxygen atoms in total. The van der Waals surface area contributed by atoms with Crippen molar-refractivity contribution in [3.63, 3.8) is 0 Å². The Balaban J connectivity index is 1.37. The van der Waals surface area contributed by atoms with E-state index in [4.69, 9.17) is 25.9 Å². The van der Waals surface area contributed by atoms with E-state index in [-0.39, 0.29) is 0 Å². The molecule has 0 bridgehead atoms. The summed E-state index contributed by atoms with van der Waals surface area (Å²) in [4.78, 5) is 12.7. The minimum atomic E-state index is 0.647. The van der Waals surface area contributed by atoms with Crippen molar-refractivity contribution in [1.82, 2.24) is 9.97 Å². The molecule has 0 radical (unpaired) electrons. The van der Waals surface area contributed by atoms with Gasteiger partial charge in [0.2, 0.25) is 0 Å². The zero-order valence-corrected chi connectivity index (χ0v) is 53.9. The molecule has 418 valence electrons. The quantitative estimate of drug-likeness (QED) is 0.0289. The summed E-state index contributed by atoms with van der Waals surface area (Å²) in [6, 6.07) is 4.50. The van der Waals surface area contributed by atoms with Gasteiger partial charge in [0.1, 0.15) is 21.9 Å². The van der Waals surface area contributed by atoms with Gasteiger partial charge in [-0.05, 0) is 106 Å². The van der Waals surface area contributed by atoms with Gasteiger partial charge in [-0.25, -0.2) is 9.97 Å². The number of rotatable bonds is 41. The number of nitrogens with zero attached hydrogens (tertiary/aromatic N) is 2. The summed E-state index contributed by atoms with van der Waals surface area (Å²) >= 11 is 14.7. The highest BCUT2D eigenvalue weighted by atomic mass is 79.9. The topological polar surface area (TPSA) is 44.2 Å². The summed E-state index contributed by atoms with van der Waals surface area (Å²) in [6.45, 7) is 7.51. The second-order valence-corrected chi connectivity index (χ2v) is 27.4. The Kier molecular flexibility index (Phi) is 34.5. The van der Waals surface area contributed by atoms with Gasteiger partial charge in [0.25, 0.3) is 0 Å². The highest BCUT2D eigenvalue weighted by Gasteiger charge is 2.25. The molecule has 0 N–H and O–H groups in total. The molecule has 0 aliphatic heterocycles. The molecule has 4 heterocycles. The van der Waals surface area contributed by atoms with E-state index in [1.807, 2.05) is 0 Å². The number of aryl methyl sites for hydroxylation is 2. The molecule has 4 aromatic heterocycles. The smallest absolute Gasteiger partial charge is 0.167 e. The van der Waals surface area contributed by atoms with Crippen LogP contribution in [0.2, 0.25) is 0 Å². The van der Waals surface area contributed by atoms with Crippen LogP contribution in [0.3, 0.4) is 0 Å². The molecule has 78 heavy (non-hydrogen) atoms. The number of thiophene rings is 2. The first-order valence-electron chi connectivity index (χ1n) is 30.1. The van der Waals surface area contributed by atoms with Crippen LogP contribution in [0.15, 0.2) is 19.7 Å². The maximum Gasteiger partial charge on any atom is 0.167 e. The van der Waals surface area contributed by atoms with Crippen molar-refractivity contribution < 1.29 is 9.47 Å². The molecule has 0 aliphatic rings. The second-order valence-electron chi connectivity index (χ2n) is 20.6. The number of fused-ring (bicyclic) bond motifs is 2. The van der Waals surface area contributed by atoms with Crippen LogP contribution >= 0.6 is 77.2 Å². The molecule has 0 aliphatic carbocycles. The van der Waals surface area contributed by atoms with Crippen LogP contribution < -0.4 is 9.47 Å². The van der Waals surface area contributed by atoms with Gasteiger partial charge in [0.05, 0.1) is 44.7 Å². The van der Waals surface area contributed by atoms with Gasteiger partial charge >= 0.3 is 0 Å². The monoisotopic (exact) mass is 1250 g/mol. The fourth-order valence-electron chi connectivity index (χ4n) is 9.73. The molecule has 5 rings (SSSR count). The SMILES string of the molecule is C#CC#CC#CC#CC#CC#COc1c2cc(-c3nc(CCCCCCCCCCCCCC)c(Br)s3)sc2c(OCCCCCCCCCCCC)c2cc(-c3nc(CCCCCCCCCCCCCC)c(Br)s3)sc12. The average Bonchev–Trinajstić information content (AvgIpc) is 4.34. The van der Waals surface area contributed by atoms with Crippen LogP contribution in [-0.4, -0.2) is 16.6 Å². The van der Waals surface area contributed by atoms with Crippen LogP contribution in [0.1, 0.15) is 250 Å². The van der Waals surface area contributed by atoms with Crippen LogP contribution in [0, 0.1) is 71.7 Å². The molecule has 0 saturated carbocycles. The molecule has 0 unspecified atom stereocenters. The lowest BCUT2D eigenvalue weighted by Gasteiger charge is -2.11. The highest BCUT2D eigenvalue weighted by Crippen LogP contribution is 2.53. The lowest BCUT2D eigenvalue weighted by molar-refractivity contribution is 0.311. The number of hydrogen-bond acceptors (Lipinski definition) is 8. The third kappa shape index (κ3) is 24.6. The number of unbranched alkanes of at least 4 members (excludes halogenated alkanes) is 31. The predicted octanol–water partition coefficient (Wildman–Crippen LogP) is 22.7. The van der Waals surface area contributed by atoms with Crippen molar-refractivity contribution >= 4 is 97.4 Å². The zero-order chi connectivity index (χ0) is 55.1. The first-order valence-corrected chi connectivity index (χ1v) is 34.9. The zero-order valence-electron chi connectivity index (χ0n) is 47.5. The van der Waals surface area contributed by atoms with Gasteiger partial charge in [-0.1, -0.05) is 220 Å². The summed E-state index contributed by atoms with van der Waals surface area (Å²) in [7, 11) is 0. The summed E-state index contributed by atoms with van der Waals surface area (Å²) in [5.41, 5.74) is 2.29. The van der Waals surface area contributed by atoms with Gasteiger partial charge in [-0.15, -0.1) is 51.8 Å². The highest BCUT2D eigenvalue weighted by molar-refractivity contribution is 9.11. The number of hydrogen-bond donors (Lipinski definition) is 0. The number of halogens is 2. The number of thiazole rings is 2. The van der Waals surface area contributed by atoms with Gasteiger partial charge in [0, 0.05) is 40.4 Å². The minimum absolute atomic E-state index is 0.647. The molecular formula is C68H86Br2N2O2S4. The maximum atomic E-state index is 6.99. The summed E-state index contributed by atoms with van der Waals surface area (Å²) in [5.74, 6) is 27.8. The second kappa shape index (κ2) is 41.3. The van der Waals surface area contributed by atoms with Crippen LogP contribution in [0.5, 0.6) is 11.5 Å². The van der Waals surface area contributed by atoms with E-state index in [1.165, 1.54) is 193 Å². The van der Waals surface area contributed by atoms with E-state index in [0.717, 1.165) is 103 Å². The molecule has 0 amide bonds. The Labute approximate surface area is 505 Å². The molecule has 5 aromatic rings. The van der Waals surface area contributed by atoms with E-state index in [0.29, 0.717) is 12.4 Å². The molecule has 0 saturated heterocycles. The fraction of sp³-hybridized carbons (Fsp3) is 0.588. The van der Waals surface area contributed by atoms with Crippen molar-refractivity contribution in [3.05, 3.63) is 31.1 Å². The summed E-state index contributed by atoms with van der Waals surface area (Å²) in [5, 5.41) is 3.99. The third-order valence-electron chi connectivity index (χ3n) is 14.1. The minimum Gasteiger partial charge on any atom is -0.491 e. The number of terminal acetylenes is 1. The number of aromatic nitrogens is 2. The van der Waals surface area contributed by atoms with E-state index in [1.54, 1.807) is 45.3 Å². The van der Waals surface area contributed by atoms with Gasteiger partial charge < -0.3 is 9.47 Å². The Hall–Kier alpha value is -3.68. The van der Waals surface area contributed by atoms with Crippen molar-refractivity contribution in [2.45, 2.75) is 252 Å². The van der Waals surface area contributed by atoms with Gasteiger partial charge in [-0.3, -0.25) is 0 Å². The standard InChI is InChI=1S/C68H86Br2N2O2S4/c1-5-9-13-17-21-25-29-31-33-37-41-45-49-57-65(69)77-67(71-57)59-53-55-61(73-51-47-43-39-35-27-23-19-15-11-7-3)64-56(62(63(55)75-59)74-52-48-44-40-36-28-24-20-16-12-8-4)54-60(76-64)68-72-58(66(70)78-68)50-46-42-38-34-32-30-26-22-18-14-10-6-2/h3,53-54H,5-6,8-10,12-14,16-18,20-22,24-26,28-34,36-38,40-42,44-46,48-50,52H2,1-2,4H3. The average molecular weight is 1250 g/mol. The first kappa shape index (κ1) is 65.1. The summed E-state index contributed by atoms with van der Waals surface area (Å²) < 4.78 is 17.7. The number of ether oxygens (including phenoxy) is 2. The Morgan fingerprint density at radius 2 is 0.744 bits per heavy atom. The molecule has 0 fully saturated rings. The number of benzene rings is 1. The normalized spacial score (nSPS) is 10.7. The lowest BCUT2D eigenvalue weighted by Crippen LogP contribution is -1.98. The summed E-state index contributed by atoms with van der Waals surface area (Å²) in [6.07, 6.45) is 54.9. The molecular weight excluding hydrogens is 1160 g/mol. The van der Waals surface area contributed by atoms with E-state index in [9.17, 15) is 0 Å². The largest absolute Gasteiger partial charge is 0.491 e. The van der Waals surface area contributed by atoms with E-state index >= 15 is 0 Å². The van der Waals surface area contributed by atoms with E-state index < -0.39 is 0 Å². The Morgan fingerprint density at radius 3 is 1.14 bits per heavy atom. The fourth-order valence-corrected chi connectivity index (χ4v) is 15.3. The third-order valence-corrected chi connectivity index (χ3v) is 20.4. The van der Waals surface area contributed by atoms with Crippen LogP contribution in [0.25, 0.3) is 39.9 Å². The van der Waals surface area contributed by atoms with Crippen LogP contribution in [0.4, 0.5) is 0 Å². The van der Waals surface area contributed by atoms with Crippen molar-refractivity contribution in [2.24, 2.45) is 0 Å². The van der Waals surface area contributed by atoms with Crippen molar-refractivity contribution in [3.8, 4) is 103 Å². The maximum absolute atomic E-state index is 6.99. The van der Waals surface area contributed by atoms with E-state index in [2.05, 4.69) is 130 Å². The molecule has 10 heteroatoms. The Bertz CT molecular complexity index is 2760. The molecule has 0 atom stereocenters. The Morgan fingerprint density at radius 1 is 0.410 bits per heavy atom. The van der Waals surface area contributed by atoms with Gasteiger partial charge in [-0.2, -0.15) is 0 Å². The first-order chi connectivity index (χ1) is 38.5. The van der Waals surface area contributed by atoms with Crippen molar-refractivity contribution in [2.75, 3.05) is 6.61 Å². The van der Waals surface area contributed by atoms with Crippen LogP contribution in [-0.2, 0) is 12.8 Å². The molecule has 0 spiro atoms. The lowest BCUT2D eigenvalue weighted by atomic mass is 10.0. The molecule has 1 aromatic carbocycles. The van der Waals surface area contributed by atoms with Gasteiger partial charge in [0.15, 0.2) is 5.75 Å².